The molecule has 1 aromatic rings. The second-order valence-electron chi connectivity index (χ2n) is 4.28. The number of nitrogens with two attached hydrogens (primary N) is 1. The maximum Gasteiger partial charge on any atom is 0.251 e. The Bertz CT molecular complexity index is 422. The van der Waals surface area contributed by atoms with Crippen molar-refractivity contribution in [1.82, 2.24) is 15.2 Å². The van der Waals surface area contributed by atoms with Crippen molar-refractivity contribution in [1.29, 1.82) is 0 Å². The first-order chi connectivity index (χ1) is 9.29. The highest BCUT2D eigenvalue weighted by Crippen LogP contribution is 2.08. The number of anilines is 1. The number of nitrogens with one attached hydrogen (secondary N) is 2. The van der Waals surface area contributed by atoms with E-state index in [1.165, 1.54) is 11.5 Å². The molecule has 0 bridgehead atoms. The lowest BCUT2D eigenvalue weighted by Gasteiger charge is -2.25. The molecular weight excluding hydrogens is 262 g/mol. The molecule has 7 heteroatoms. The van der Waals surface area contributed by atoms with Crippen molar-refractivity contribution in [2.75, 3.05) is 43.1 Å². The van der Waals surface area contributed by atoms with E-state index in [4.69, 9.17) is 5.84 Å². The summed E-state index contributed by atoms with van der Waals surface area (Å²) < 4.78 is 0. The molecule has 2 heterocycles. The molecular formula is C12H19N5OS. The molecule has 1 fully saturated rings. The minimum Gasteiger partial charge on any atom is -0.351 e. The van der Waals surface area contributed by atoms with Gasteiger partial charge in [0.25, 0.3) is 5.91 Å². The second-order valence-corrected chi connectivity index (χ2v) is 5.51. The number of hydrazine groups is 1. The lowest BCUT2D eigenvalue weighted by atomic mass is 10.2. The number of aromatic nitrogens is 1. The van der Waals surface area contributed by atoms with E-state index in [2.05, 4.69) is 20.6 Å². The van der Waals surface area contributed by atoms with Crippen LogP contribution >= 0.6 is 11.8 Å². The first-order valence-corrected chi connectivity index (χ1v) is 7.46. The molecule has 0 saturated carbocycles. The molecule has 0 atom stereocenters. The largest absolute Gasteiger partial charge is 0.351 e. The van der Waals surface area contributed by atoms with E-state index in [1.807, 2.05) is 11.8 Å². The van der Waals surface area contributed by atoms with Gasteiger partial charge < -0.3 is 10.7 Å². The van der Waals surface area contributed by atoms with Crippen LogP contribution in [0.4, 0.5) is 5.82 Å². The molecule has 0 aromatic carbocycles. The van der Waals surface area contributed by atoms with Crippen LogP contribution in [0.2, 0.25) is 0 Å². The number of nitrogen functional groups attached to an aromatic ring is 1. The van der Waals surface area contributed by atoms with Gasteiger partial charge in [-0.15, -0.1) is 0 Å². The molecule has 19 heavy (non-hydrogen) atoms. The van der Waals surface area contributed by atoms with Crippen LogP contribution in [0.1, 0.15) is 10.4 Å². The van der Waals surface area contributed by atoms with Gasteiger partial charge in [-0.2, -0.15) is 11.8 Å². The monoisotopic (exact) mass is 281 g/mol. The number of carbonyl (C=O) groups excluding carboxylic acids is 1. The van der Waals surface area contributed by atoms with E-state index in [0.29, 0.717) is 17.9 Å². The quantitative estimate of drug-likeness (QED) is 0.526. The number of thioether (sulfide) groups is 1. The van der Waals surface area contributed by atoms with Gasteiger partial charge in [-0.3, -0.25) is 9.69 Å². The molecule has 1 aliphatic heterocycles. The molecule has 1 aliphatic rings. The van der Waals surface area contributed by atoms with Crippen molar-refractivity contribution < 1.29 is 4.79 Å². The standard InChI is InChI=1S/C12H19N5OS/c13-16-11-9-10(1-2-14-11)12(18)15-3-4-17-5-7-19-8-6-17/h1-2,9H,3-8,13H2,(H,14,16)(H,15,18). The number of amides is 1. The minimum atomic E-state index is -0.0923. The van der Waals surface area contributed by atoms with Crippen molar-refractivity contribution >= 4 is 23.5 Å². The Kier molecular flexibility index (Phi) is 5.44. The Morgan fingerprint density at radius 2 is 2.26 bits per heavy atom. The molecule has 104 valence electrons. The Hall–Kier alpha value is -1.31. The number of hydrogen-bond donors (Lipinski definition) is 3. The van der Waals surface area contributed by atoms with Gasteiger partial charge in [-0.25, -0.2) is 10.8 Å². The van der Waals surface area contributed by atoms with Crippen LogP contribution in [0, 0.1) is 0 Å². The molecule has 6 nitrogen and oxygen atoms in total. The zero-order chi connectivity index (χ0) is 13.5. The molecule has 0 radical (unpaired) electrons. The molecule has 0 unspecified atom stereocenters. The number of carbonyl (C=O) groups is 1. The minimum absolute atomic E-state index is 0.0923. The zero-order valence-electron chi connectivity index (χ0n) is 10.8. The Morgan fingerprint density at radius 1 is 1.47 bits per heavy atom. The van der Waals surface area contributed by atoms with Crippen LogP contribution in [0.15, 0.2) is 18.3 Å². The van der Waals surface area contributed by atoms with E-state index in [1.54, 1.807) is 18.3 Å². The van der Waals surface area contributed by atoms with Crippen molar-refractivity contribution in [3.63, 3.8) is 0 Å². The maximum atomic E-state index is 11.9. The van der Waals surface area contributed by atoms with Gasteiger partial charge in [0.15, 0.2) is 0 Å². The predicted octanol–water partition coefficient (Wildman–Crippen LogP) is 0.146. The van der Waals surface area contributed by atoms with Crippen LogP contribution in [-0.4, -0.2) is 53.5 Å². The molecule has 0 aliphatic carbocycles. The van der Waals surface area contributed by atoms with Gasteiger partial charge in [0, 0.05) is 49.4 Å². The van der Waals surface area contributed by atoms with Crippen LogP contribution in [0.5, 0.6) is 0 Å². The van der Waals surface area contributed by atoms with Crippen molar-refractivity contribution in [2.45, 2.75) is 0 Å². The van der Waals surface area contributed by atoms with E-state index in [0.717, 1.165) is 19.6 Å². The third-order valence-corrected chi connectivity index (χ3v) is 3.93. The molecule has 0 spiro atoms. The van der Waals surface area contributed by atoms with Crippen molar-refractivity contribution in [3.05, 3.63) is 23.9 Å². The Balaban J connectivity index is 1.77. The number of rotatable bonds is 5. The van der Waals surface area contributed by atoms with Crippen LogP contribution in [0.3, 0.4) is 0 Å². The van der Waals surface area contributed by atoms with Gasteiger partial charge in [0.05, 0.1) is 0 Å². The first-order valence-electron chi connectivity index (χ1n) is 6.30. The highest BCUT2D eigenvalue weighted by atomic mass is 32.2. The summed E-state index contributed by atoms with van der Waals surface area (Å²) in [6.07, 6.45) is 1.56. The highest BCUT2D eigenvalue weighted by Gasteiger charge is 2.11. The number of hydrogen-bond acceptors (Lipinski definition) is 6. The van der Waals surface area contributed by atoms with Crippen LogP contribution in [0.25, 0.3) is 0 Å². The lowest BCUT2D eigenvalue weighted by Crippen LogP contribution is -2.39. The molecule has 1 aromatic heterocycles. The summed E-state index contributed by atoms with van der Waals surface area (Å²) in [4.78, 5) is 18.3. The van der Waals surface area contributed by atoms with E-state index >= 15 is 0 Å². The summed E-state index contributed by atoms with van der Waals surface area (Å²) in [6.45, 7) is 3.78. The third-order valence-electron chi connectivity index (χ3n) is 2.99. The zero-order valence-corrected chi connectivity index (χ0v) is 11.6. The summed E-state index contributed by atoms with van der Waals surface area (Å²) in [5.41, 5.74) is 3.00. The number of pyridine rings is 1. The van der Waals surface area contributed by atoms with Gasteiger partial charge in [0.1, 0.15) is 5.82 Å². The maximum absolute atomic E-state index is 11.9. The fraction of sp³-hybridized carbons (Fsp3) is 0.500. The summed E-state index contributed by atoms with van der Waals surface area (Å²) in [7, 11) is 0. The number of nitrogens with zero attached hydrogens (tertiary/aromatic N) is 2. The predicted molar refractivity (Wildman–Crippen MR) is 78.1 cm³/mol. The van der Waals surface area contributed by atoms with Gasteiger partial charge in [-0.1, -0.05) is 0 Å². The van der Waals surface area contributed by atoms with Crippen molar-refractivity contribution in [3.8, 4) is 0 Å². The van der Waals surface area contributed by atoms with Crippen molar-refractivity contribution in [2.24, 2.45) is 5.84 Å². The smallest absolute Gasteiger partial charge is 0.251 e. The summed E-state index contributed by atoms with van der Waals surface area (Å²) in [5, 5.41) is 2.91. The van der Waals surface area contributed by atoms with Gasteiger partial charge >= 0.3 is 0 Å². The van der Waals surface area contributed by atoms with Crippen LogP contribution in [-0.2, 0) is 0 Å². The van der Waals surface area contributed by atoms with E-state index < -0.39 is 0 Å². The SMILES string of the molecule is NNc1cc(C(=O)NCCN2CCSCC2)ccn1. The fourth-order valence-corrected chi connectivity index (χ4v) is 2.88. The van der Waals surface area contributed by atoms with Gasteiger partial charge in [-0.05, 0) is 12.1 Å². The fourth-order valence-electron chi connectivity index (χ4n) is 1.91. The Morgan fingerprint density at radius 3 is 3.00 bits per heavy atom. The van der Waals surface area contributed by atoms with E-state index in [9.17, 15) is 4.79 Å². The summed E-state index contributed by atoms with van der Waals surface area (Å²) in [5.74, 6) is 8.03. The van der Waals surface area contributed by atoms with Crippen LogP contribution < -0.4 is 16.6 Å². The highest BCUT2D eigenvalue weighted by molar-refractivity contribution is 7.99. The molecule has 4 N–H and O–H groups in total. The second kappa shape index (κ2) is 7.32. The normalized spacial score (nSPS) is 16.1. The summed E-state index contributed by atoms with van der Waals surface area (Å²) in [6, 6.07) is 3.31. The molecule has 2 rings (SSSR count). The molecule has 1 amide bonds. The topological polar surface area (TPSA) is 83.3 Å². The average molecular weight is 281 g/mol. The average Bonchev–Trinajstić information content (AvgIpc) is 2.48. The Labute approximate surface area is 117 Å². The van der Waals surface area contributed by atoms with E-state index in [-0.39, 0.29) is 5.91 Å². The lowest BCUT2D eigenvalue weighted by molar-refractivity contribution is 0.0949. The van der Waals surface area contributed by atoms with Gasteiger partial charge in [0.2, 0.25) is 0 Å². The first kappa shape index (κ1) is 14.1. The summed E-state index contributed by atoms with van der Waals surface area (Å²) >= 11 is 1.98. The third kappa shape index (κ3) is 4.38. The molecule has 1 saturated heterocycles.